The Morgan fingerprint density at radius 3 is 2.52 bits per heavy atom. The number of rotatable bonds is 5. The lowest BCUT2D eigenvalue weighted by molar-refractivity contribution is -0.383. The van der Waals surface area contributed by atoms with E-state index in [4.69, 9.17) is 5.73 Å². The van der Waals surface area contributed by atoms with Crippen molar-refractivity contribution in [2.75, 3.05) is 11.1 Å². The summed E-state index contributed by atoms with van der Waals surface area (Å²) < 4.78 is 29.1. The zero-order valence-corrected chi connectivity index (χ0v) is 16.3. The third-order valence-corrected chi connectivity index (χ3v) is 4.71. The fourth-order valence-electron chi connectivity index (χ4n) is 3.30. The van der Waals surface area contributed by atoms with Crippen LogP contribution in [0.3, 0.4) is 0 Å². The second-order valence-corrected chi connectivity index (χ2v) is 6.98. The third-order valence-electron chi connectivity index (χ3n) is 4.71. The van der Waals surface area contributed by atoms with Crippen LogP contribution in [0.4, 0.5) is 31.5 Å². The number of anilines is 3. The average Bonchev–Trinajstić information content (AvgIpc) is 3.14. The van der Waals surface area contributed by atoms with E-state index in [2.05, 4.69) is 10.4 Å². The summed E-state index contributed by atoms with van der Waals surface area (Å²) in [7, 11) is 1.76. The molecule has 4 rings (SSSR count). The van der Waals surface area contributed by atoms with Crippen molar-refractivity contribution in [3.05, 3.63) is 88.7 Å². The van der Waals surface area contributed by atoms with Gasteiger partial charge in [-0.2, -0.15) is 5.10 Å². The molecule has 0 amide bonds. The van der Waals surface area contributed by atoms with Crippen molar-refractivity contribution in [3.63, 3.8) is 0 Å². The summed E-state index contributed by atoms with van der Waals surface area (Å²) in [6.07, 6.45) is 3.38. The van der Waals surface area contributed by atoms with E-state index in [0.717, 1.165) is 17.7 Å². The van der Waals surface area contributed by atoms with E-state index < -0.39 is 16.6 Å². The van der Waals surface area contributed by atoms with Crippen molar-refractivity contribution in [2.45, 2.75) is 0 Å². The smallest absolute Gasteiger partial charge is 0.293 e. The number of benzene rings is 3. The van der Waals surface area contributed by atoms with E-state index >= 15 is 0 Å². The molecule has 0 fully saturated rings. The molecule has 3 aromatic carbocycles. The van der Waals surface area contributed by atoms with Gasteiger partial charge in [-0.3, -0.25) is 14.8 Å². The Labute approximate surface area is 175 Å². The number of nitrogens with zero attached hydrogens (tertiary/aromatic N) is 3. The first-order valence-corrected chi connectivity index (χ1v) is 9.20. The predicted molar refractivity (Wildman–Crippen MR) is 115 cm³/mol. The summed E-state index contributed by atoms with van der Waals surface area (Å²) in [6, 6.07) is 12.7. The molecule has 0 radical (unpaired) electrons. The van der Waals surface area contributed by atoms with Crippen LogP contribution in [0.2, 0.25) is 0 Å². The normalized spacial score (nSPS) is 10.8. The number of nitro benzene ring substituents is 1. The second kappa shape index (κ2) is 7.86. The Hall–Kier alpha value is -4.27. The van der Waals surface area contributed by atoms with Gasteiger partial charge in [-0.15, -0.1) is 0 Å². The Bertz CT molecular complexity index is 1300. The van der Waals surface area contributed by atoms with Crippen LogP contribution < -0.4 is 11.1 Å². The van der Waals surface area contributed by atoms with Gasteiger partial charge in [0, 0.05) is 47.9 Å². The number of aromatic nitrogens is 2. The SMILES string of the molecule is Cn1cc(-c2ccc(Nc3cc(N)cc(-c4ccc(F)cc4F)c3)c([N+](=O)[O-])c2)cn1. The lowest BCUT2D eigenvalue weighted by atomic mass is 10.0. The highest BCUT2D eigenvalue weighted by Crippen LogP contribution is 2.35. The molecule has 31 heavy (non-hydrogen) atoms. The highest BCUT2D eigenvalue weighted by atomic mass is 19.1. The topological polar surface area (TPSA) is 99.0 Å². The monoisotopic (exact) mass is 421 g/mol. The van der Waals surface area contributed by atoms with Crippen molar-refractivity contribution in [3.8, 4) is 22.3 Å². The van der Waals surface area contributed by atoms with E-state index in [1.165, 1.54) is 12.1 Å². The van der Waals surface area contributed by atoms with Gasteiger partial charge in [-0.1, -0.05) is 6.07 Å². The molecule has 0 bridgehead atoms. The molecule has 3 N–H and O–H groups in total. The molecule has 0 unspecified atom stereocenters. The number of aryl methyl sites for hydroxylation is 1. The second-order valence-electron chi connectivity index (χ2n) is 6.98. The zero-order valence-electron chi connectivity index (χ0n) is 16.3. The minimum atomic E-state index is -0.733. The highest BCUT2D eigenvalue weighted by molar-refractivity contribution is 5.80. The molecule has 7 nitrogen and oxygen atoms in total. The molecular weight excluding hydrogens is 404 g/mol. The maximum Gasteiger partial charge on any atom is 0.293 e. The average molecular weight is 421 g/mol. The van der Waals surface area contributed by atoms with Crippen molar-refractivity contribution in [1.82, 2.24) is 9.78 Å². The summed E-state index contributed by atoms with van der Waals surface area (Å²) in [4.78, 5) is 11.2. The van der Waals surface area contributed by atoms with E-state index in [1.807, 2.05) is 0 Å². The molecule has 0 aliphatic heterocycles. The molecule has 4 aromatic rings. The van der Waals surface area contributed by atoms with E-state index in [9.17, 15) is 18.9 Å². The molecule has 1 heterocycles. The summed E-state index contributed by atoms with van der Waals surface area (Å²) in [6.45, 7) is 0. The highest BCUT2D eigenvalue weighted by Gasteiger charge is 2.17. The van der Waals surface area contributed by atoms with Crippen LogP contribution in [-0.4, -0.2) is 14.7 Å². The summed E-state index contributed by atoms with van der Waals surface area (Å²) in [5.74, 6) is -1.42. The number of nitro groups is 1. The molecule has 0 saturated heterocycles. The van der Waals surface area contributed by atoms with Crippen LogP contribution in [0.1, 0.15) is 0 Å². The summed E-state index contributed by atoms with van der Waals surface area (Å²) in [5, 5.41) is 18.7. The minimum Gasteiger partial charge on any atom is -0.399 e. The quantitative estimate of drug-likeness (QED) is 0.260. The standard InChI is InChI=1S/C22H17F2N5O2/c1-28-12-15(11-26-28)13-2-5-21(22(8-13)29(30)31)27-18-7-14(6-17(25)10-18)19-4-3-16(23)9-20(19)24/h2-12,27H,25H2,1H3. The third kappa shape index (κ3) is 4.20. The van der Waals surface area contributed by atoms with Gasteiger partial charge in [-0.05, 0) is 47.5 Å². The van der Waals surface area contributed by atoms with E-state index in [1.54, 1.807) is 54.5 Å². The van der Waals surface area contributed by atoms with Crippen LogP contribution in [0.15, 0.2) is 67.0 Å². The Balaban J connectivity index is 1.72. The van der Waals surface area contributed by atoms with Crippen LogP contribution in [0.25, 0.3) is 22.3 Å². The van der Waals surface area contributed by atoms with Gasteiger partial charge < -0.3 is 11.1 Å². The van der Waals surface area contributed by atoms with Crippen LogP contribution in [0.5, 0.6) is 0 Å². The van der Waals surface area contributed by atoms with Gasteiger partial charge in [0.05, 0.1) is 11.1 Å². The molecule has 0 saturated carbocycles. The Morgan fingerprint density at radius 2 is 1.84 bits per heavy atom. The molecule has 0 aliphatic rings. The molecule has 9 heteroatoms. The minimum absolute atomic E-state index is 0.140. The predicted octanol–water partition coefficient (Wildman–Crippen LogP) is 5.27. The molecule has 0 atom stereocenters. The molecule has 1 aromatic heterocycles. The van der Waals surface area contributed by atoms with Gasteiger partial charge in [0.15, 0.2) is 0 Å². The van der Waals surface area contributed by atoms with E-state index in [-0.39, 0.29) is 16.9 Å². The Kier molecular flexibility index (Phi) is 5.08. The molecule has 0 aliphatic carbocycles. The number of nitrogens with two attached hydrogens (primary N) is 1. The van der Waals surface area contributed by atoms with E-state index in [0.29, 0.717) is 22.5 Å². The molecular formula is C22H17F2N5O2. The lowest BCUT2D eigenvalue weighted by Crippen LogP contribution is -1.99. The van der Waals surface area contributed by atoms with Gasteiger partial charge in [-0.25, -0.2) is 8.78 Å². The van der Waals surface area contributed by atoms with Gasteiger partial charge in [0.25, 0.3) is 5.69 Å². The molecule has 0 spiro atoms. The van der Waals surface area contributed by atoms with Crippen molar-refractivity contribution in [2.24, 2.45) is 7.05 Å². The van der Waals surface area contributed by atoms with Crippen LogP contribution in [0, 0.1) is 21.7 Å². The van der Waals surface area contributed by atoms with Gasteiger partial charge in [0.2, 0.25) is 0 Å². The van der Waals surface area contributed by atoms with Crippen molar-refractivity contribution < 1.29 is 13.7 Å². The maximum atomic E-state index is 14.2. The first kappa shape index (κ1) is 20.0. The maximum absolute atomic E-state index is 14.2. The number of hydrogen-bond donors (Lipinski definition) is 2. The van der Waals surface area contributed by atoms with Crippen LogP contribution >= 0.6 is 0 Å². The van der Waals surface area contributed by atoms with Crippen molar-refractivity contribution >= 4 is 22.7 Å². The number of nitrogens with one attached hydrogen (secondary N) is 1. The van der Waals surface area contributed by atoms with Crippen molar-refractivity contribution in [1.29, 1.82) is 0 Å². The molecule has 156 valence electrons. The first-order valence-electron chi connectivity index (χ1n) is 9.20. The van der Waals surface area contributed by atoms with Gasteiger partial charge in [0.1, 0.15) is 17.3 Å². The Morgan fingerprint density at radius 1 is 1.03 bits per heavy atom. The fourth-order valence-corrected chi connectivity index (χ4v) is 3.30. The van der Waals surface area contributed by atoms with Crippen LogP contribution in [-0.2, 0) is 7.05 Å². The summed E-state index contributed by atoms with van der Waals surface area (Å²) in [5.41, 5.74) is 8.77. The number of halogens is 2. The zero-order chi connectivity index (χ0) is 22.1. The largest absolute Gasteiger partial charge is 0.399 e. The fraction of sp³-hybridized carbons (Fsp3) is 0.0455. The lowest BCUT2D eigenvalue weighted by Gasteiger charge is -2.12. The number of nitrogen functional groups attached to an aromatic ring is 1. The van der Waals surface area contributed by atoms with Gasteiger partial charge >= 0.3 is 0 Å². The number of hydrogen-bond acceptors (Lipinski definition) is 5. The summed E-state index contributed by atoms with van der Waals surface area (Å²) >= 11 is 0. The first-order chi connectivity index (χ1) is 14.8.